The zero-order valence-electron chi connectivity index (χ0n) is 10.5. The first kappa shape index (κ1) is 12.0. The van der Waals surface area contributed by atoms with Crippen molar-refractivity contribution in [2.75, 3.05) is 7.05 Å². The largest absolute Gasteiger partial charge is 0.481 e. The highest BCUT2D eigenvalue weighted by Crippen LogP contribution is 2.25. The Labute approximate surface area is 102 Å². The zero-order valence-corrected chi connectivity index (χ0v) is 10.5. The summed E-state index contributed by atoms with van der Waals surface area (Å²) < 4.78 is 5.62. The van der Waals surface area contributed by atoms with Crippen LogP contribution in [0.1, 0.15) is 30.9 Å². The van der Waals surface area contributed by atoms with Gasteiger partial charge in [0.05, 0.1) is 0 Å². The number of hydrogen-bond acceptors (Lipinski definition) is 2. The molecule has 1 aromatic carbocycles. The SMILES string of the molecule is CNC(=O)[C@H](C)Oc1ccc2c(c1)CCCC2. The molecule has 1 N–H and O–H groups in total. The summed E-state index contributed by atoms with van der Waals surface area (Å²) in [7, 11) is 1.62. The van der Waals surface area contributed by atoms with E-state index in [0.29, 0.717) is 0 Å². The van der Waals surface area contributed by atoms with Crippen LogP contribution in [0.25, 0.3) is 0 Å². The summed E-state index contributed by atoms with van der Waals surface area (Å²) in [6.07, 6.45) is 4.38. The molecule has 0 aromatic heterocycles. The van der Waals surface area contributed by atoms with E-state index in [4.69, 9.17) is 4.74 Å². The summed E-state index contributed by atoms with van der Waals surface area (Å²) in [6, 6.07) is 6.16. The Morgan fingerprint density at radius 1 is 1.29 bits per heavy atom. The number of amides is 1. The molecule has 0 heterocycles. The molecule has 1 aromatic rings. The molecular formula is C14H19NO2. The number of nitrogens with one attached hydrogen (secondary N) is 1. The first-order valence-corrected chi connectivity index (χ1v) is 6.21. The van der Waals surface area contributed by atoms with Crippen LogP contribution in [0.15, 0.2) is 18.2 Å². The third-order valence-corrected chi connectivity index (χ3v) is 3.25. The molecule has 1 aliphatic carbocycles. The van der Waals surface area contributed by atoms with Gasteiger partial charge in [0.25, 0.3) is 5.91 Å². The van der Waals surface area contributed by atoms with Crippen LogP contribution in [0.4, 0.5) is 0 Å². The van der Waals surface area contributed by atoms with Crippen molar-refractivity contribution in [2.24, 2.45) is 0 Å². The minimum absolute atomic E-state index is 0.0947. The zero-order chi connectivity index (χ0) is 12.3. The number of rotatable bonds is 3. The number of carbonyl (C=O) groups is 1. The van der Waals surface area contributed by atoms with Crippen LogP contribution in [0.5, 0.6) is 5.75 Å². The van der Waals surface area contributed by atoms with E-state index in [1.807, 2.05) is 6.07 Å². The first-order chi connectivity index (χ1) is 8.20. The fourth-order valence-electron chi connectivity index (χ4n) is 2.24. The van der Waals surface area contributed by atoms with Gasteiger partial charge in [-0.1, -0.05) is 6.07 Å². The van der Waals surface area contributed by atoms with Gasteiger partial charge in [0, 0.05) is 7.05 Å². The summed E-state index contributed by atoms with van der Waals surface area (Å²) in [4.78, 5) is 11.4. The van der Waals surface area contributed by atoms with E-state index in [2.05, 4.69) is 17.4 Å². The van der Waals surface area contributed by atoms with Crippen molar-refractivity contribution in [1.29, 1.82) is 0 Å². The molecule has 0 fully saturated rings. The second-order valence-corrected chi connectivity index (χ2v) is 4.51. The monoisotopic (exact) mass is 233 g/mol. The van der Waals surface area contributed by atoms with Gasteiger partial charge >= 0.3 is 0 Å². The van der Waals surface area contributed by atoms with Crippen LogP contribution in [0.2, 0.25) is 0 Å². The highest BCUT2D eigenvalue weighted by molar-refractivity contribution is 5.80. The van der Waals surface area contributed by atoms with E-state index in [9.17, 15) is 4.79 Å². The number of hydrogen-bond donors (Lipinski definition) is 1. The number of likely N-dealkylation sites (N-methyl/N-ethyl adjacent to an activating group) is 1. The van der Waals surface area contributed by atoms with Crippen LogP contribution in [-0.2, 0) is 17.6 Å². The summed E-state index contributed by atoms with van der Waals surface area (Å²) in [5.74, 6) is 0.699. The molecule has 0 aliphatic heterocycles. The molecule has 0 radical (unpaired) electrons. The average Bonchev–Trinajstić information content (AvgIpc) is 2.37. The van der Waals surface area contributed by atoms with Gasteiger partial charge in [0.2, 0.25) is 0 Å². The minimum Gasteiger partial charge on any atom is -0.481 e. The Morgan fingerprint density at radius 3 is 2.71 bits per heavy atom. The Bertz CT molecular complexity index is 415. The standard InChI is InChI=1S/C14H19NO2/c1-10(14(16)15-2)17-13-8-7-11-5-3-4-6-12(11)9-13/h7-10H,3-6H2,1-2H3,(H,15,16)/t10-/m0/s1. The normalized spacial score (nSPS) is 15.9. The van der Waals surface area contributed by atoms with Gasteiger partial charge in [0.1, 0.15) is 5.75 Å². The third-order valence-electron chi connectivity index (χ3n) is 3.25. The number of ether oxygens (including phenoxy) is 1. The van der Waals surface area contributed by atoms with E-state index in [-0.39, 0.29) is 5.91 Å². The maximum Gasteiger partial charge on any atom is 0.260 e. The molecule has 1 atom stereocenters. The van der Waals surface area contributed by atoms with Crippen LogP contribution >= 0.6 is 0 Å². The van der Waals surface area contributed by atoms with E-state index >= 15 is 0 Å². The van der Waals surface area contributed by atoms with Crippen molar-refractivity contribution in [2.45, 2.75) is 38.7 Å². The van der Waals surface area contributed by atoms with Gasteiger partial charge in [0.15, 0.2) is 6.10 Å². The van der Waals surface area contributed by atoms with E-state index in [0.717, 1.165) is 12.2 Å². The lowest BCUT2D eigenvalue weighted by atomic mass is 9.92. The quantitative estimate of drug-likeness (QED) is 0.868. The third kappa shape index (κ3) is 2.78. The molecule has 2 rings (SSSR count). The topological polar surface area (TPSA) is 38.3 Å². The second-order valence-electron chi connectivity index (χ2n) is 4.51. The fourth-order valence-corrected chi connectivity index (χ4v) is 2.24. The van der Waals surface area contributed by atoms with Gasteiger partial charge in [-0.3, -0.25) is 4.79 Å². The van der Waals surface area contributed by atoms with Crippen molar-refractivity contribution in [1.82, 2.24) is 5.32 Å². The Balaban J connectivity index is 2.09. The highest BCUT2D eigenvalue weighted by atomic mass is 16.5. The lowest BCUT2D eigenvalue weighted by molar-refractivity contribution is -0.126. The highest BCUT2D eigenvalue weighted by Gasteiger charge is 2.14. The number of carbonyl (C=O) groups excluding carboxylic acids is 1. The van der Waals surface area contributed by atoms with Gasteiger partial charge in [-0.05, 0) is 55.9 Å². The summed E-state index contributed by atoms with van der Waals surface area (Å²) in [5, 5.41) is 2.58. The lowest BCUT2D eigenvalue weighted by Gasteiger charge is -2.18. The molecule has 1 amide bonds. The molecule has 3 heteroatoms. The van der Waals surface area contributed by atoms with Crippen LogP contribution in [-0.4, -0.2) is 19.1 Å². The van der Waals surface area contributed by atoms with Gasteiger partial charge in [-0.15, -0.1) is 0 Å². The number of benzene rings is 1. The molecule has 0 saturated carbocycles. The van der Waals surface area contributed by atoms with E-state index in [1.165, 1.54) is 30.4 Å². The lowest BCUT2D eigenvalue weighted by Crippen LogP contribution is -2.33. The number of aryl methyl sites for hydroxylation is 2. The molecule has 1 aliphatic rings. The molecule has 0 unspecified atom stereocenters. The first-order valence-electron chi connectivity index (χ1n) is 6.21. The summed E-state index contributed by atoms with van der Waals surface area (Å²) in [6.45, 7) is 1.76. The van der Waals surface area contributed by atoms with E-state index in [1.54, 1.807) is 14.0 Å². The minimum atomic E-state index is -0.443. The number of fused-ring (bicyclic) bond motifs is 1. The van der Waals surface area contributed by atoms with Crippen molar-refractivity contribution in [3.63, 3.8) is 0 Å². The molecule has 0 bridgehead atoms. The molecule has 3 nitrogen and oxygen atoms in total. The summed E-state index contributed by atoms with van der Waals surface area (Å²) in [5.41, 5.74) is 2.80. The second kappa shape index (κ2) is 5.21. The van der Waals surface area contributed by atoms with Crippen molar-refractivity contribution < 1.29 is 9.53 Å². The Kier molecular flexibility index (Phi) is 3.67. The fraction of sp³-hybridized carbons (Fsp3) is 0.500. The van der Waals surface area contributed by atoms with Gasteiger partial charge in [-0.2, -0.15) is 0 Å². The van der Waals surface area contributed by atoms with Crippen LogP contribution < -0.4 is 10.1 Å². The van der Waals surface area contributed by atoms with E-state index < -0.39 is 6.10 Å². The van der Waals surface area contributed by atoms with Crippen LogP contribution in [0.3, 0.4) is 0 Å². The Morgan fingerprint density at radius 2 is 2.00 bits per heavy atom. The van der Waals surface area contributed by atoms with Gasteiger partial charge in [-0.25, -0.2) is 0 Å². The molecule has 0 spiro atoms. The molecule has 17 heavy (non-hydrogen) atoms. The van der Waals surface area contributed by atoms with Crippen LogP contribution in [0, 0.1) is 0 Å². The summed E-state index contributed by atoms with van der Waals surface area (Å²) >= 11 is 0. The maximum absolute atomic E-state index is 11.4. The van der Waals surface area contributed by atoms with Crippen molar-refractivity contribution in [3.05, 3.63) is 29.3 Å². The van der Waals surface area contributed by atoms with Crippen molar-refractivity contribution >= 4 is 5.91 Å². The predicted octanol–water partition coefficient (Wildman–Crippen LogP) is 2.08. The maximum atomic E-state index is 11.4. The molecule has 0 saturated heterocycles. The molecular weight excluding hydrogens is 214 g/mol. The molecule has 92 valence electrons. The average molecular weight is 233 g/mol. The predicted molar refractivity (Wildman–Crippen MR) is 67.2 cm³/mol. The Hall–Kier alpha value is -1.51. The smallest absolute Gasteiger partial charge is 0.260 e. The van der Waals surface area contributed by atoms with Gasteiger partial charge < -0.3 is 10.1 Å². The van der Waals surface area contributed by atoms with Crippen molar-refractivity contribution in [3.8, 4) is 5.75 Å².